The van der Waals surface area contributed by atoms with Crippen molar-refractivity contribution in [1.29, 1.82) is 0 Å². The fraction of sp³-hybridized carbons (Fsp3) is 0.636. The van der Waals surface area contributed by atoms with Gasteiger partial charge in [0, 0.05) is 30.3 Å². The Morgan fingerprint density at radius 2 is 2.44 bits per heavy atom. The molecule has 1 aliphatic heterocycles. The van der Waals surface area contributed by atoms with Gasteiger partial charge in [-0.15, -0.1) is 0 Å². The largest absolute Gasteiger partial charge is 0.381 e. The van der Waals surface area contributed by atoms with Crippen LogP contribution in [0.25, 0.3) is 0 Å². The molecule has 0 bridgehead atoms. The molecule has 1 aromatic heterocycles. The van der Waals surface area contributed by atoms with E-state index in [0.29, 0.717) is 17.9 Å². The summed E-state index contributed by atoms with van der Waals surface area (Å²) in [7, 11) is 0. The normalized spacial score (nSPS) is 22.0. The van der Waals surface area contributed by atoms with Gasteiger partial charge in [0.05, 0.1) is 6.61 Å². The lowest BCUT2D eigenvalue weighted by Crippen LogP contribution is -2.27. The number of aryl methyl sites for hydroxylation is 1. The van der Waals surface area contributed by atoms with Crippen molar-refractivity contribution in [3.63, 3.8) is 0 Å². The SMILES string of the molecule is Cc1cnc(N)nc1NC(C)C1CCOC1. The summed E-state index contributed by atoms with van der Waals surface area (Å²) in [5.74, 6) is 1.69. The van der Waals surface area contributed by atoms with Crippen LogP contribution >= 0.6 is 0 Å². The van der Waals surface area contributed by atoms with Crippen molar-refractivity contribution in [2.75, 3.05) is 24.3 Å². The number of nitrogens with two attached hydrogens (primary N) is 1. The van der Waals surface area contributed by atoms with E-state index >= 15 is 0 Å². The van der Waals surface area contributed by atoms with E-state index in [0.717, 1.165) is 31.0 Å². The molecule has 5 heteroatoms. The third-order valence-electron chi connectivity index (χ3n) is 3.03. The highest BCUT2D eigenvalue weighted by atomic mass is 16.5. The predicted octanol–water partition coefficient (Wildman–Crippen LogP) is 1.20. The quantitative estimate of drug-likeness (QED) is 0.804. The van der Waals surface area contributed by atoms with Crippen molar-refractivity contribution in [1.82, 2.24) is 9.97 Å². The number of nitrogens with one attached hydrogen (secondary N) is 1. The van der Waals surface area contributed by atoms with Crippen LogP contribution in [0, 0.1) is 12.8 Å². The lowest BCUT2D eigenvalue weighted by Gasteiger charge is -2.20. The molecule has 0 aliphatic carbocycles. The van der Waals surface area contributed by atoms with Crippen molar-refractivity contribution in [3.8, 4) is 0 Å². The Labute approximate surface area is 95.4 Å². The number of hydrogen-bond donors (Lipinski definition) is 2. The Bertz CT molecular complexity index is 363. The average molecular weight is 222 g/mol. The second-order valence-electron chi connectivity index (χ2n) is 4.32. The summed E-state index contributed by atoms with van der Waals surface area (Å²) in [4.78, 5) is 8.14. The molecule has 3 N–H and O–H groups in total. The maximum absolute atomic E-state index is 5.57. The molecule has 1 saturated heterocycles. The van der Waals surface area contributed by atoms with Crippen LogP contribution in [-0.2, 0) is 4.74 Å². The maximum Gasteiger partial charge on any atom is 0.221 e. The zero-order chi connectivity index (χ0) is 11.5. The molecule has 5 nitrogen and oxygen atoms in total. The number of rotatable bonds is 3. The Balaban J connectivity index is 2.04. The van der Waals surface area contributed by atoms with E-state index in [-0.39, 0.29) is 0 Å². The zero-order valence-corrected chi connectivity index (χ0v) is 9.73. The molecule has 0 radical (unpaired) electrons. The molecular formula is C11H18N4O. The maximum atomic E-state index is 5.57. The van der Waals surface area contributed by atoms with Gasteiger partial charge in [-0.1, -0.05) is 0 Å². The molecule has 2 unspecified atom stereocenters. The lowest BCUT2D eigenvalue weighted by molar-refractivity contribution is 0.183. The second kappa shape index (κ2) is 4.65. The average Bonchev–Trinajstić information content (AvgIpc) is 2.76. The molecule has 0 saturated carbocycles. The summed E-state index contributed by atoms with van der Waals surface area (Å²) in [6.45, 7) is 5.81. The Morgan fingerprint density at radius 3 is 3.12 bits per heavy atom. The van der Waals surface area contributed by atoms with Gasteiger partial charge in [0.15, 0.2) is 0 Å². The van der Waals surface area contributed by atoms with Crippen LogP contribution in [-0.4, -0.2) is 29.2 Å². The fourth-order valence-electron chi connectivity index (χ4n) is 1.88. The minimum absolute atomic E-state index is 0.308. The molecule has 2 atom stereocenters. The van der Waals surface area contributed by atoms with Gasteiger partial charge in [0.25, 0.3) is 0 Å². The number of ether oxygens (including phenoxy) is 1. The van der Waals surface area contributed by atoms with E-state index in [1.54, 1.807) is 6.20 Å². The summed E-state index contributed by atoms with van der Waals surface area (Å²) in [5, 5.41) is 3.38. The second-order valence-corrected chi connectivity index (χ2v) is 4.32. The van der Waals surface area contributed by atoms with Gasteiger partial charge in [-0.3, -0.25) is 0 Å². The number of nitrogens with zero attached hydrogens (tertiary/aromatic N) is 2. The van der Waals surface area contributed by atoms with Crippen LogP contribution < -0.4 is 11.1 Å². The van der Waals surface area contributed by atoms with E-state index in [1.807, 2.05) is 6.92 Å². The first kappa shape index (κ1) is 11.1. The first-order valence-corrected chi connectivity index (χ1v) is 5.60. The molecule has 1 aromatic rings. The molecule has 0 spiro atoms. The molecule has 1 aliphatic rings. The van der Waals surface area contributed by atoms with Crippen molar-refractivity contribution < 1.29 is 4.74 Å². The van der Waals surface area contributed by atoms with Gasteiger partial charge < -0.3 is 15.8 Å². The minimum Gasteiger partial charge on any atom is -0.381 e. The first-order valence-electron chi connectivity index (χ1n) is 5.60. The summed E-state index contributed by atoms with van der Waals surface area (Å²) >= 11 is 0. The Kier molecular flexibility index (Phi) is 3.24. The number of aromatic nitrogens is 2. The van der Waals surface area contributed by atoms with Gasteiger partial charge in [-0.25, -0.2) is 4.98 Å². The topological polar surface area (TPSA) is 73.1 Å². The smallest absolute Gasteiger partial charge is 0.221 e. The fourth-order valence-corrected chi connectivity index (χ4v) is 1.88. The summed E-state index contributed by atoms with van der Waals surface area (Å²) in [5.41, 5.74) is 6.58. The van der Waals surface area contributed by atoms with Crippen molar-refractivity contribution in [2.45, 2.75) is 26.3 Å². The third kappa shape index (κ3) is 2.41. The predicted molar refractivity (Wildman–Crippen MR) is 63.2 cm³/mol. The van der Waals surface area contributed by atoms with Crippen molar-refractivity contribution in [3.05, 3.63) is 11.8 Å². The number of nitrogen functional groups attached to an aromatic ring is 1. The van der Waals surface area contributed by atoms with E-state index in [2.05, 4.69) is 22.2 Å². The zero-order valence-electron chi connectivity index (χ0n) is 9.73. The number of hydrogen-bond acceptors (Lipinski definition) is 5. The third-order valence-corrected chi connectivity index (χ3v) is 3.03. The number of anilines is 2. The Morgan fingerprint density at radius 1 is 1.62 bits per heavy atom. The van der Waals surface area contributed by atoms with E-state index in [4.69, 9.17) is 10.5 Å². The molecular weight excluding hydrogens is 204 g/mol. The monoisotopic (exact) mass is 222 g/mol. The van der Waals surface area contributed by atoms with Crippen LogP contribution in [0.4, 0.5) is 11.8 Å². The molecule has 2 rings (SSSR count). The van der Waals surface area contributed by atoms with Crippen LogP contribution in [0.1, 0.15) is 18.9 Å². The summed E-state index contributed by atoms with van der Waals surface area (Å²) in [6, 6.07) is 0.343. The molecule has 16 heavy (non-hydrogen) atoms. The highest BCUT2D eigenvalue weighted by Gasteiger charge is 2.22. The highest BCUT2D eigenvalue weighted by molar-refractivity contribution is 5.45. The molecule has 0 aromatic carbocycles. The van der Waals surface area contributed by atoms with Crippen molar-refractivity contribution in [2.24, 2.45) is 5.92 Å². The van der Waals surface area contributed by atoms with Crippen LogP contribution in [0.15, 0.2) is 6.20 Å². The standard InChI is InChI=1S/C11H18N4O/c1-7-5-13-11(12)15-10(7)14-8(2)9-3-4-16-6-9/h5,8-9H,3-4,6H2,1-2H3,(H3,12,13,14,15). The highest BCUT2D eigenvalue weighted by Crippen LogP contribution is 2.21. The van der Waals surface area contributed by atoms with Gasteiger partial charge in [-0.2, -0.15) is 4.98 Å². The molecule has 0 amide bonds. The first-order chi connectivity index (χ1) is 7.66. The Hall–Kier alpha value is -1.36. The van der Waals surface area contributed by atoms with E-state index < -0.39 is 0 Å². The molecule has 2 heterocycles. The van der Waals surface area contributed by atoms with E-state index in [1.165, 1.54) is 0 Å². The molecule has 88 valence electrons. The minimum atomic E-state index is 0.308. The van der Waals surface area contributed by atoms with Gasteiger partial charge in [0.1, 0.15) is 5.82 Å². The van der Waals surface area contributed by atoms with Crippen molar-refractivity contribution >= 4 is 11.8 Å². The van der Waals surface area contributed by atoms with E-state index in [9.17, 15) is 0 Å². The summed E-state index contributed by atoms with van der Waals surface area (Å²) in [6.07, 6.45) is 2.84. The summed E-state index contributed by atoms with van der Waals surface area (Å²) < 4.78 is 5.37. The van der Waals surface area contributed by atoms with Crippen LogP contribution in [0.3, 0.4) is 0 Å². The van der Waals surface area contributed by atoms with Gasteiger partial charge in [0.2, 0.25) is 5.95 Å². The molecule has 1 fully saturated rings. The van der Waals surface area contributed by atoms with Gasteiger partial charge >= 0.3 is 0 Å². The van der Waals surface area contributed by atoms with Gasteiger partial charge in [-0.05, 0) is 20.3 Å². The van der Waals surface area contributed by atoms with Crippen LogP contribution in [0.5, 0.6) is 0 Å². The lowest BCUT2D eigenvalue weighted by atomic mass is 10.0. The van der Waals surface area contributed by atoms with Crippen LogP contribution in [0.2, 0.25) is 0 Å².